The Labute approximate surface area is 123 Å². The summed E-state index contributed by atoms with van der Waals surface area (Å²) in [4.78, 5) is 4.54. The van der Waals surface area contributed by atoms with Crippen LogP contribution in [-0.2, 0) is 6.54 Å². The fourth-order valence-electron chi connectivity index (χ4n) is 2.19. The summed E-state index contributed by atoms with van der Waals surface area (Å²) in [5.41, 5.74) is 1.86. The summed E-state index contributed by atoms with van der Waals surface area (Å²) in [5.74, 6) is 2.14. The van der Waals surface area contributed by atoms with Crippen LogP contribution < -0.4 is 14.8 Å². The van der Waals surface area contributed by atoms with Gasteiger partial charge in [-0.25, -0.2) is 0 Å². The molecule has 108 valence electrons. The Bertz CT molecular complexity index is 735. The lowest BCUT2D eigenvalue weighted by atomic mass is 10.3. The summed E-state index contributed by atoms with van der Waals surface area (Å²) in [5, 5.41) is 3.15. The number of pyridine rings is 1. The summed E-state index contributed by atoms with van der Waals surface area (Å²) in [6, 6.07) is 13.4. The van der Waals surface area contributed by atoms with Gasteiger partial charge >= 0.3 is 0 Å². The first kappa shape index (κ1) is 13.5. The van der Waals surface area contributed by atoms with Crippen LogP contribution in [-0.4, -0.2) is 23.5 Å². The van der Waals surface area contributed by atoms with Crippen molar-refractivity contribution >= 4 is 5.65 Å². The Morgan fingerprint density at radius 1 is 1.10 bits per heavy atom. The van der Waals surface area contributed by atoms with Gasteiger partial charge in [0.05, 0.1) is 7.11 Å². The van der Waals surface area contributed by atoms with Crippen LogP contribution in [0, 0.1) is 0 Å². The summed E-state index contributed by atoms with van der Waals surface area (Å²) < 4.78 is 13.1. The van der Waals surface area contributed by atoms with Gasteiger partial charge in [0.25, 0.3) is 0 Å². The zero-order valence-electron chi connectivity index (χ0n) is 12.0. The van der Waals surface area contributed by atoms with Gasteiger partial charge < -0.3 is 14.8 Å². The molecule has 3 rings (SSSR count). The van der Waals surface area contributed by atoms with Crippen LogP contribution in [0.25, 0.3) is 5.65 Å². The molecule has 0 aliphatic heterocycles. The van der Waals surface area contributed by atoms with Crippen LogP contribution in [0.3, 0.4) is 0 Å². The lowest BCUT2D eigenvalue weighted by Crippen LogP contribution is -2.08. The minimum absolute atomic E-state index is 0.612. The molecule has 0 unspecified atom stereocenters. The molecule has 0 amide bonds. The molecule has 21 heavy (non-hydrogen) atoms. The molecule has 3 aromatic rings. The van der Waals surface area contributed by atoms with Gasteiger partial charge in [0.1, 0.15) is 22.8 Å². The van der Waals surface area contributed by atoms with E-state index in [4.69, 9.17) is 9.47 Å². The maximum atomic E-state index is 5.92. The molecule has 0 aliphatic rings. The van der Waals surface area contributed by atoms with Crippen molar-refractivity contribution in [3.8, 4) is 17.4 Å². The van der Waals surface area contributed by atoms with Gasteiger partial charge in [-0.1, -0.05) is 6.07 Å². The number of methoxy groups -OCH3 is 1. The van der Waals surface area contributed by atoms with Crippen molar-refractivity contribution in [3.05, 3.63) is 54.4 Å². The van der Waals surface area contributed by atoms with Crippen molar-refractivity contribution in [1.29, 1.82) is 0 Å². The van der Waals surface area contributed by atoms with E-state index in [9.17, 15) is 0 Å². The van der Waals surface area contributed by atoms with E-state index in [-0.39, 0.29) is 0 Å². The number of nitrogens with one attached hydrogen (secondary N) is 1. The highest BCUT2D eigenvalue weighted by Crippen LogP contribution is 2.27. The molecule has 5 heteroatoms. The van der Waals surface area contributed by atoms with Crippen LogP contribution >= 0.6 is 0 Å². The fourth-order valence-corrected chi connectivity index (χ4v) is 2.19. The summed E-state index contributed by atoms with van der Waals surface area (Å²) in [6.07, 6.45) is 1.98. The first-order valence-electron chi connectivity index (χ1n) is 6.74. The highest BCUT2D eigenvalue weighted by molar-refractivity contribution is 5.47. The van der Waals surface area contributed by atoms with Crippen molar-refractivity contribution in [2.24, 2.45) is 0 Å². The number of rotatable bonds is 5. The average Bonchev–Trinajstić information content (AvgIpc) is 2.86. The van der Waals surface area contributed by atoms with E-state index in [0.717, 1.165) is 22.8 Å². The maximum Gasteiger partial charge on any atom is 0.242 e. The van der Waals surface area contributed by atoms with Gasteiger partial charge in [-0.3, -0.25) is 4.40 Å². The minimum atomic E-state index is 0.612. The molecule has 0 bridgehead atoms. The quantitative estimate of drug-likeness (QED) is 0.782. The van der Waals surface area contributed by atoms with Crippen LogP contribution in [0.15, 0.2) is 48.7 Å². The highest BCUT2D eigenvalue weighted by atomic mass is 16.5. The molecule has 2 aromatic heterocycles. The lowest BCUT2D eigenvalue weighted by Gasteiger charge is -2.07. The van der Waals surface area contributed by atoms with E-state index in [1.807, 2.05) is 60.1 Å². The van der Waals surface area contributed by atoms with E-state index in [0.29, 0.717) is 12.4 Å². The predicted molar refractivity (Wildman–Crippen MR) is 81.0 cm³/mol. The van der Waals surface area contributed by atoms with E-state index in [2.05, 4.69) is 10.3 Å². The molecule has 0 saturated carbocycles. The van der Waals surface area contributed by atoms with Crippen molar-refractivity contribution in [3.63, 3.8) is 0 Å². The van der Waals surface area contributed by atoms with E-state index in [1.54, 1.807) is 7.11 Å². The molecule has 2 heterocycles. The second-order valence-electron chi connectivity index (χ2n) is 4.60. The summed E-state index contributed by atoms with van der Waals surface area (Å²) in [6.45, 7) is 0.677. The van der Waals surface area contributed by atoms with Gasteiger partial charge in [-0.2, -0.15) is 4.98 Å². The Morgan fingerprint density at radius 3 is 2.57 bits per heavy atom. The smallest absolute Gasteiger partial charge is 0.242 e. The zero-order valence-corrected chi connectivity index (χ0v) is 12.0. The zero-order chi connectivity index (χ0) is 14.7. The summed E-state index contributed by atoms with van der Waals surface area (Å²) in [7, 11) is 3.54. The van der Waals surface area contributed by atoms with Crippen molar-refractivity contribution < 1.29 is 9.47 Å². The van der Waals surface area contributed by atoms with E-state index >= 15 is 0 Å². The number of hydrogen-bond donors (Lipinski definition) is 1. The average molecular weight is 283 g/mol. The first-order valence-corrected chi connectivity index (χ1v) is 6.74. The Hall–Kier alpha value is -2.53. The topological polar surface area (TPSA) is 47.8 Å². The third-order valence-corrected chi connectivity index (χ3v) is 3.21. The predicted octanol–water partition coefficient (Wildman–Crippen LogP) is 2.85. The van der Waals surface area contributed by atoms with Gasteiger partial charge in [0.2, 0.25) is 5.88 Å². The molecule has 0 fully saturated rings. The molecular formula is C16H17N3O2. The van der Waals surface area contributed by atoms with Crippen LogP contribution in [0.1, 0.15) is 5.69 Å². The molecule has 0 aliphatic carbocycles. The Morgan fingerprint density at radius 2 is 1.86 bits per heavy atom. The maximum absolute atomic E-state index is 5.92. The normalized spacial score (nSPS) is 10.8. The number of hydrogen-bond acceptors (Lipinski definition) is 4. The van der Waals surface area contributed by atoms with Crippen molar-refractivity contribution in [2.45, 2.75) is 6.54 Å². The number of fused-ring (bicyclic) bond motifs is 1. The van der Waals surface area contributed by atoms with Crippen LogP contribution in [0.4, 0.5) is 0 Å². The second kappa shape index (κ2) is 5.85. The molecular weight excluding hydrogens is 266 g/mol. The molecule has 1 N–H and O–H groups in total. The lowest BCUT2D eigenvalue weighted by molar-refractivity contribution is 0.412. The van der Waals surface area contributed by atoms with E-state index < -0.39 is 0 Å². The van der Waals surface area contributed by atoms with Gasteiger partial charge in [-0.05, 0) is 43.4 Å². The monoisotopic (exact) mass is 283 g/mol. The Balaban J connectivity index is 1.96. The Kier molecular flexibility index (Phi) is 3.75. The standard InChI is InChI=1S/C16H17N3O2/c1-17-11-14-16(18-15-5-3-4-10-19(14)15)21-13-8-6-12(20-2)7-9-13/h3-10,17H,11H2,1-2H3. The number of ether oxygens (including phenoxy) is 2. The largest absolute Gasteiger partial charge is 0.497 e. The minimum Gasteiger partial charge on any atom is -0.497 e. The second-order valence-corrected chi connectivity index (χ2v) is 4.60. The fraction of sp³-hybridized carbons (Fsp3) is 0.188. The molecule has 5 nitrogen and oxygen atoms in total. The first-order chi connectivity index (χ1) is 10.3. The third-order valence-electron chi connectivity index (χ3n) is 3.21. The highest BCUT2D eigenvalue weighted by Gasteiger charge is 2.13. The van der Waals surface area contributed by atoms with Crippen LogP contribution in [0.5, 0.6) is 17.4 Å². The van der Waals surface area contributed by atoms with Crippen LogP contribution in [0.2, 0.25) is 0 Å². The third kappa shape index (κ3) is 2.68. The summed E-state index contributed by atoms with van der Waals surface area (Å²) >= 11 is 0. The van der Waals surface area contributed by atoms with Gasteiger partial charge in [0.15, 0.2) is 0 Å². The molecule has 0 saturated heterocycles. The molecule has 0 atom stereocenters. The van der Waals surface area contributed by atoms with Crippen molar-refractivity contribution in [1.82, 2.24) is 14.7 Å². The van der Waals surface area contributed by atoms with E-state index in [1.165, 1.54) is 0 Å². The number of nitrogens with zero attached hydrogens (tertiary/aromatic N) is 2. The van der Waals surface area contributed by atoms with Gasteiger partial charge in [-0.15, -0.1) is 0 Å². The molecule has 0 radical (unpaired) electrons. The number of aromatic nitrogens is 2. The number of imidazole rings is 1. The SMILES string of the molecule is CNCc1c(Oc2ccc(OC)cc2)nc2ccccn12. The molecule has 0 spiro atoms. The molecule has 1 aromatic carbocycles. The van der Waals surface area contributed by atoms with Gasteiger partial charge in [0, 0.05) is 12.7 Å². The van der Waals surface area contributed by atoms with Crippen molar-refractivity contribution in [2.75, 3.05) is 14.2 Å². The number of benzene rings is 1.